The first kappa shape index (κ1) is 15.8. The Hall–Kier alpha value is -1.23. The van der Waals surface area contributed by atoms with Gasteiger partial charge in [-0.2, -0.15) is 0 Å². The normalized spacial score (nSPS) is 10.5. The van der Waals surface area contributed by atoms with Crippen LogP contribution in [-0.2, 0) is 14.3 Å². The molecule has 4 nitrogen and oxygen atoms in total. The number of anilines is 1. The number of allylic oxidation sites excluding steroid dienone is 1. The van der Waals surface area contributed by atoms with Crippen molar-refractivity contribution >= 4 is 52.4 Å². The molecule has 1 amide bonds. The average Bonchev–Trinajstić information content (AvgIpc) is 2.31. The number of benzene rings is 1. The van der Waals surface area contributed by atoms with Crippen molar-refractivity contribution in [2.24, 2.45) is 0 Å². The fourth-order valence-electron chi connectivity index (χ4n) is 1.16. The van der Waals surface area contributed by atoms with Gasteiger partial charge in [0.15, 0.2) is 6.61 Å². The number of carbonyl (C=O) groups is 2. The van der Waals surface area contributed by atoms with E-state index in [2.05, 4.69) is 10.1 Å². The van der Waals surface area contributed by atoms with Crippen molar-refractivity contribution in [3.63, 3.8) is 0 Å². The van der Waals surface area contributed by atoms with Crippen LogP contribution in [0.5, 0.6) is 0 Å². The van der Waals surface area contributed by atoms with Crippen LogP contribution >= 0.6 is 34.8 Å². The average molecular weight is 323 g/mol. The largest absolute Gasteiger partial charge is 0.452 e. The Morgan fingerprint density at radius 2 is 1.84 bits per heavy atom. The summed E-state index contributed by atoms with van der Waals surface area (Å²) in [6.07, 6.45) is 2.71. The Kier molecular flexibility index (Phi) is 6.15. The molecule has 0 heterocycles. The number of esters is 1. The lowest BCUT2D eigenvalue weighted by Gasteiger charge is -2.09. The number of hydrogen-bond acceptors (Lipinski definition) is 3. The van der Waals surface area contributed by atoms with E-state index in [1.165, 1.54) is 24.3 Å². The van der Waals surface area contributed by atoms with E-state index in [0.717, 1.165) is 0 Å². The topological polar surface area (TPSA) is 55.4 Å². The van der Waals surface area contributed by atoms with Crippen molar-refractivity contribution in [3.05, 3.63) is 39.4 Å². The molecular formula is C12H10Cl3NO3. The Bertz CT molecular complexity index is 506. The van der Waals surface area contributed by atoms with Crippen LogP contribution in [0.25, 0.3) is 0 Å². The molecule has 7 heteroatoms. The van der Waals surface area contributed by atoms with Crippen molar-refractivity contribution in [1.82, 2.24) is 0 Å². The molecule has 0 bridgehead atoms. The maximum atomic E-state index is 11.5. The summed E-state index contributed by atoms with van der Waals surface area (Å²) in [5, 5.41) is 3.19. The standard InChI is InChI=1S/C12H10Cl3NO3/c1-2-3-11(18)19-6-10(17)16-12-8(14)4-7(13)5-9(12)15/h2-5H,6H2,1H3,(H,16,17)/b3-2+. The zero-order chi connectivity index (χ0) is 14.4. The quantitative estimate of drug-likeness (QED) is 0.679. The second-order valence-corrected chi connectivity index (χ2v) is 4.65. The summed E-state index contributed by atoms with van der Waals surface area (Å²) in [5.41, 5.74) is 0.222. The van der Waals surface area contributed by atoms with E-state index in [1.807, 2.05) is 0 Å². The molecule has 0 radical (unpaired) electrons. The molecule has 1 aromatic rings. The van der Waals surface area contributed by atoms with E-state index in [9.17, 15) is 9.59 Å². The molecule has 0 aliphatic heterocycles. The molecule has 0 atom stereocenters. The molecule has 1 aromatic carbocycles. The molecule has 19 heavy (non-hydrogen) atoms. The Morgan fingerprint density at radius 1 is 1.26 bits per heavy atom. The van der Waals surface area contributed by atoms with Crippen molar-refractivity contribution in [2.45, 2.75) is 6.92 Å². The smallest absolute Gasteiger partial charge is 0.330 e. The van der Waals surface area contributed by atoms with Crippen molar-refractivity contribution < 1.29 is 14.3 Å². The molecule has 0 spiro atoms. The second kappa shape index (κ2) is 7.38. The minimum atomic E-state index is -0.606. The molecule has 0 saturated heterocycles. The molecule has 102 valence electrons. The zero-order valence-corrected chi connectivity index (χ0v) is 12.1. The van der Waals surface area contributed by atoms with Crippen LogP contribution in [0.1, 0.15) is 6.92 Å². The number of rotatable bonds is 4. The zero-order valence-electron chi connectivity index (χ0n) is 9.88. The van der Waals surface area contributed by atoms with Crippen LogP contribution in [0.15, 0.2) is 24.3 Å². The Morgan fingerprint density at radius 3 is 2.37 bits per heavy atom. The predicted molar refractivity (Wildman–Crippen MR) is 75.9 cm³/mol. The van der Waals surface area contributed by atoms with Gasteiger partial charge < -0.3 is 10.1 Å². The minimum Gasteiger partial charge on any atom is -0.452 e. The second-order valence-electron chi connectivity index (χ2n) is 3.40. The van der Waals surface area contributed by atoms with E-state index < -0.39 is 18.5 Å². The lowest BCUT2D eigenvalue weighted by Crippen LogP contribution is -2.20. The van der Waals surface area contributed by atoms with E-state index in [0.29, 0.717) is 5.02 Å². The first-order valence-corrected chi connectivity index (χ1v) is 6.31. The number of amides is 1. The van der Waals surface area contributed by atoms with Crippen LogP contribution in [-0.4, -0.2) is 18.5 Å². The highest BCUT2D eigenvalue weighted by molar-refractivity contribution is 6.42. The summed E-state index contributed by atoms with van der Waals surface area (Å²) in [5.74, 6) is -1.16. The summed E-state index contributed by atoms with van der Waals surface area (Å²) in [7, 11) is 0. The molecule has 0 aliphatic carbocycles. The number of ether oxygens (including phenoxy) is 1. The summed E-state index contributed by atoms with van der Waals surface area (Å²) < 4.78 is 4.67. The number of halogens is 3. The molecule has 0 aromatic heterocycles. The van der Waals surface area contributed by atoms with Crippen LogP contribution < -0.4 is 5.32 Å². The summed E-state index contributed by atoms with van der Waals surface area (Å²) in [6, 6.07) is 2.88. The monoisotopic (exact) mass is 321 g/mol. The highest BCUT2D eigenvalue weighted by Gasteiger charge is 2.12. The molecule has 0 aliphatic rings. The van der Waals surface area contributed by atoms with Gasteiger partial charge in [0.1, 0.15) is 0 Å². The lowest BCUT2D eigenvalue weighted by molar-refractivity contribution is -0.142. The minimum absolute atomic E-state index is 0.200. The number of nitrogens with one attached hydrogen (secondary N) is 1. The number of hydrogen-bond donors (Lipinski definition) is 1. The fraction of sp³-hybridized carbons (Fsp3) is 0.167. The van der Waals surface area contributed by atoms with Gasteiger partial charge in [-0.3, -0.25) is 4.79 Å². The van der Waals surface area contributed by atoms with Gasteiger partial charge in [-0.1, -0.05) is 40.9 Å². The molecule has 0 unspecified atom stereocenters. The third-order valence-electron chi connectivity index (χ3n) is 1.92. The highest BCUT2D eigenvalue weighted by atomic mass is 35.5. The van der Waals surface area contributed by atoms with Gasteiger partial charge >= 0.3 is 5.97 Å². The fourth-order valence-corrected chi connectivity index (χ4v) is 2.07. The van der Waals surface area contributed by atoms with E-state index in [-0.39, 0.29) is 15.7 Å². The van der Waals surface area contributed by atoms with Gasteiger partial charge in [0.2, 0.25) is 0 Å². The van der Waals surface area contributed by atoms with Crippen molar-refractivity contribution in [3.8, 4) is 0 Å². The van der Waals surface area contributed by atoms with Crippen LogP contribution in [0.4, 0.5) is 5.69 Å². The SMILES string of the molecule is C/C=C/C(=O)OCC(=O)Nc1c(Cl)cc(Cl)cc1Cl. The summed E-state index contributed by atoms with van der Waals surface area (Å²) in [4.78, 5) is 22.6. The first-order valence-electron chi connectivity index (χ1n) is 5.18. The molecule has 1 N–H and O–H groups in total. The lowest BCUT2D eigenvalue weighted by atomic mass is 10.3. The molecule has 1 rings (SSSR count). The summed E-state index contributed by atoms with van der Waals surface area (Å²) in [6.45, 7) is 1.23. The van der Waals surface area contributed by atoms with Gasteiger partial charge in [-0.15, -0.1) is 0 Å². The van der Waals surface area contributed by atoms with Gasteiger partial charge in [-0.25, -0.2) is 4.79 Å². The first-order chi connectivity index (χ1) is 8.93. The van der Waals surface area contributed by atoms with Gasteiger partial charge in [0.05, 0.1) is 15.7 Å². The molecule has 0 fully saturated rings. The highest BCUT2D eigenvalue weighted by Crippen LogP contribution is 2.33. The van der Waals surface area contributed by atoms with Crippen molar-refractivity contribution in [2.75, 3.05) is 11.9 Å². The van der Waals surface area contributed by atoms with Gasteiger partial charge in [-0.05, 0) is 19.1 Å². The third-order valence-corrected chi connectivity index (χ3v) is 2.73. The van der Waals surface area contributed by atoms with Crippen molar-refractivity contribution in [1.29, 1.82) is 0 Å². The van der Waals surface area contributed by atoms with Crippen LogP contribution in [0.3, 0.4) is 0 Å². The summed E-state index contributed by atoms with van der Waals surface area (Å²) >= 11 is 17.5. The Labute approximate surface area is 125 Å². The predicted octanol–water partition coefficient (Wildman–Crippen LogP) is 3.70. The number of carbonyl (C=O) groups excluding carboxylic acids is 2. The molecule has 0 saturated carbocycles. The Balaban J connectivity index is 2.65. The van der Waals surface area contributed by atoms with E-state index in [1.54, 1.807) is 6.92 Å². The van der Waals surface area contributed by atoms with Crippen LogP contribution in [0, 0.1) is 0 Å². The maximum absolute atomic E-state index is 11.5. The van der Waals surface area contributed by atoms with Crippen LogP contribution in [0.2, 0.25) is 15.1 Å². The molecular weight excluding hydrogens is 312 g/mol. The van der Waals surface area contributed by atoms with E-state index >= 15 is 0 Å². The van der Waals surface area contributed by atoms with E-state index in [4.69, 9.17) is 34.8 Å². The van der Waals surface area contributed by atoms with Gasteiger partial charge in [0, 0.05) is 11.1 Å². The maximum Gasteiger partial charge on any atom is 0.330 e. The van der Waals surface area contributed by atoms with Gasteiger partial charge in [0.25, 0.3) is 5.91 Å². The third kappa shape index (κ3) is 5.11.